The predicted molar refractivity (Wildman–Crippen MR) is 82.4 cm³/mol. The first-order valence-electron chi connectivity index (χ1n) is 7.80. The van der Waals surface area contributed by atoms with Crippen molar-refractivity contribution < 1.29 is 0 Å². The molecule has 1 atom stereocenters. The Morgan fingerprint density at radius 2 is 1.74 bits per heavy atom. The third-order valence-electron chi connectivity index (χ3n) is 4.05. The zero-order chi connectivity index (χ0) is 14.3. The van der Waals surface area contributed by atoms with E-state index in [4.69, 9.17) is 5.73 Å². The Balaban J connectivity index is 2.25. The van der Waals surface area contributed by atoms with Crippen LogP contribution in [0.15, 0.2) is 0 Å². The summed E-state index contributed by atoms with van der Waals surface area (Å²) >= 11 is 0. The maximum absolute atomic E-state index is 6.26. The molecule has 0 radical (unpaired) electrons. The van der Waals surface area contributed by atoms with Crippen LogP contribution in [0.4, 0.5) is 0 Å². The van der Waals surface area contributed by atoms with Gasteiger partial charge in [-0.1, -0.05) is 45.4 Å². The van der Waals surface area contributed by atoms with Gasteiger partial charge >= 0.3 is 0 Å². The topological polar surface area (TPSA) is 43.8 Å². The van der Waals surface area contributed by atoms with Crippen molar-refractivity contribution in [3.8, 4) is 0 Å². The van der Waals surface area contributed by atoms with Gasteiger partial charge in [-0.3, -0.25) is 4.68 Å². The Kier molecular flexibility index (Phi) is 7.14. The molecule has 1 aromatic rings. The van der Waals surface area contributed by atoms with E-state index in [2.05, 4.69) is 25.9 Å². The summed E-state index contributed by atoms with van der Waals surface area (Å²) in [4.78, 5) is 0. The molecule has 1 aromatic heterocycles. The van der Waals surface area contributed by atoms with Crippen LogP contribution in [0.1, 0.15) is 68.8 Å². The van der Waals surface area contributed by atoms with E-state index < -0.39 is 0 Å². The first kappa shape index (κ1) is 16.2. The number of aryl methyl sites for hydroxylation is 2. The minimum atomic E-state index is 0.285. The van der Waals surface area contributed by atoms with Crippen LogP contribution in [0.5, 0.6) is 0 Å². The maximum atomic E-state index is 6.26. The molecule has 0 saturated heterocycles. The fraction of sp³-hybridized carbons (Fsp3) is 0.812. The lowest BCUT2D eigenvalue weighted by atomic mass is 9.99. The standard InChI is InChI=1S/C16H31N3/c1-5-6-7-8-9-10-11-15(17)12-16-13(2)18-19(4)14(16)3/h15H,5-12,17H2,1-4H3. The number of hydrogen-bond acceptors (Lipinski definition) is 2. The number of rotatable bonds is 9. The molecule has 3 nitrogen and oxygen atoms in total. The second-order valence-corrected chi connectivity index (χ2v) is 5.79. The summed E-state index contributed by atoms with van der Waals surface area (Å²) in [6.07, 6.45) is 10.2. The molecule has 0 aliphatic rings. The molecule has 0 bridgehead atoms. The molecule has 3 heteroatoms. The summed E-state index contributed by atoms with van der Waals surface area (Å²) in [5.41, 5.74) is 10.0. The lowest BCUT2D eigenvalue weighted by Crippen LogP contribution is -2.23. The van der Waals surface area contributed by atoms with E-state index >= 15 is 0 Å². The van der Waals surface area contributed by atoms with Crippen LogP contribution < -0.4 is 5.73 Å². The van der Waals surface area contributed by atoms with Crippen LogP contribution in [0.25, 0.3) is 0 Å². The molecule has 19 heavy (non-hydrogen) atoms. The number of unbranched alkanes of at least 4 members (excludes halogenated alkanes) is 5. The lowest BCUT2D eigenvalue weighted by Gasteiger charge is -2.12. The van der Waals surface area contributed by atoms with Crippen molar-refractivity contribution in [3.05, 3.63) is 17.0 Å². The molecule has 0 aromatic carbocycles. The second kappa shape index (κ2) is 8.36. The molecule has 1 rings (SSSR count). The largest absolute Gasteiger partial charge is 0.327 e. The quantitative estimate of drug-likeness (QED) is 0.692. The first-order chi connectivity index (χ1) is 9.06. The third-order valence-corrected chi connectivity index (χ3v) is 4.05. The first-order valence-corrected chi connectivity index (χ1v) is 7.80. The van der Waals surface area contributed by atoms with Gasteiger partial charge < -0.3 is 5.73 Å². The zero-order valence-corrected chi connectivity index (χ0v) is 13.2. The highest BCUT2D eigenvalue weighted by atomic mass is 15.3. The fourth-order valence-corrected chi connectivity index (χ4v) is 2.66. The van der Waals surface area contributed by atoms with Crippen molar-refractivity contribution in [1.82, 2.24) is 9.78 Å². The zero-order valence-electron chi connectivity index (χ0n) is 13.2. The maximum Gasteiger partial charge on any atom is 0.0628 e. The highest BCUT2D eigenvalue weighted by Crippen LogP contribution is 2.16. The van der Waals surface area contributed by atoms with Gasteiger partial charge in [-0.2, -0.15) is 5.10 Å². The highest BCUT2D eigenvalue weighted by Gasteiger charge is 2.12. The van der Waals surface area contributed by atoms with Gasteiger partial charge in [0.05, 0.1) is 5.69 Å². The summed E-state index contributed by atoms with van der Waals surface area (Å²) in [5, 5.41) is 4.45. The van der Waals surface area contributed by atoms with Crippen LogP contribution in [-0.4, -0.2) is 15.8 Å². The average molecular weight is 265 g/mol. The number of nitrogens with zero attached hydrogens (tertiary/aromatic N) is 2. The molecule has 1 heterocycles. The molecule has 0 fully saturated rings. The SMILES string of the molecule is CCCCCCCCC(N)Cc1c(C)nn(C)c1C. The molecule has 0 amide bonds. The van der Waals surface area contributed by atoms with Crippen LogP contribution in [0.2, 0.25) is 0 Å². The second-order valence-electron chi connectivity index (χ2n) is 5.79. The molecule has 110 valence electrons. The summed E-state index contributed by atoms with van der Waals surface area (Å²) in [5.74, 6) is 0. The predicted octanol–water partition coefficient (Wildman–Crippen LogP) is 3.66. The minimum absolute atomic E-state index is 0.285. The molecular formula is C16H31N3. The van der Waals surface area contributed by atoms with Gasteiger partial charge in [-0.15, -0.1) is 0 Å². The molecule has 1 unspecified atom stereocenters. The smallest absolute Gasteiger partial charge is 0.0628 e. The molecule has 0 saturated carbocycles. The van der Waals surface area contributed by atoms with Gasteiger partial charge in [0.1, 0.15) is 0 Å². The van der Waals surface area contributed by atoms with E-state index in [1.807, 2.05) is 11.7 Å². The van der Waals surface area contributed by atoms with E-state index in [0.29, 0.717) is 0 Å². The molecule has 2 N–H and O–H groups in total. The van der Waals surface area contributed by atoms with Gasteiger partial charge in [0.25, 0.3) is 0 Å². The Morgan fingerprint density at radius 3 is 2.32 bits per heavy atom. The van der Waals surface area contributed by atoms with Crippen molar-refractivity contribution in [3.63, 3.8) is 0 Å². The van der Waals surface area contributed by atoms with Crippen LogP contribution in [0, 0.1) is 13.8 Å². The number of nitrogens with two attached hydrogens (primary N) is 1. The van der Waals surface area contributed by atoms with E-state index in [9.17, 15) is 0 Å². The molecular weight excluding hydrogens is 234 g/mol. The van der Waals surface area contributed by atoms with Gasteiger partial charge in [0.15, 0.2) is 0 Å². The molecule has 0 spiro atoms. The summed E-state index contributed by atoms with van der Waals surface area (Å²) in [6.45, 7) is 6.47. The molecule has 0 aliphatic carbocycles. The summed E-state index contributed by atoms with van der Waals surface area (Å²) in [7, 11) is 2.01. The van der Waals surface area contributed by atoms with E-state index in [1.165, 1.54) is 49.8 Å². The van der Waals surface area contributed by atoms with Crippen molar-refractivity contribution in [2.24, 2.45) is 12.8 Å². The van der Waals surface area contributed by atoms with Crippen molar-refractivity contribution >= 4 is 0 Å². The van der Waals surface area contributed by atoms with E-state index in [1.54, 1.807) is 0 Å². The van der Waals surface area contributed by atoms with Gasteiger partial charge in [0.2, 0.25) is 0 Å². The van der Waals surface area contributed by atoms with Crippen molar-refractivity contribution in [2.45, 2.75) is 78.2 Å². The average Bonchev–Trinajstić information content (AvgIpc) is 2.60. The Morgan fingerprint density at radius 1 is 1.11 bits per heavy atom. The van der Waals surface area contributed by atoms with Crippen molar-refractivity contribution in [2.75, 3.05) is 0 Å². The van der Waals surface area contributed by atoms with Gasteiger partial charge in [0, 0.05) is 18.8 Å². The normalized spacial score (nSPS) is 12.9. The summed E-state index contributed by atoms with van der Waals surface area (Å²) < 4.78 is 1.96. The van der Waals surface area contributed by atoms with Gasteiger partial charge in [-0.05, 0) is 32.3 Å². The number of aromatic nitrogens is 2. The lowest BCUT2D eigenvalue weighted by molar-refractivity contribution is 0.531. The number of hydrogen-bond donors (Lipinski definition) is 1. The Hall–Kier alpha value is -0.830. The van der Waals surface area contributed by atoms with Crippen LogP contribution in [-0.2, 0) is 13.5 Å². The minimum Gasteiger partial charge on any atom is -0.327 e. The Labute approximate surface area is 118 Å². The summed E-state index contributed by atoms with van der Waals surface area (Å²) in [6, 6.07) is 0.285. The van der Waals surface area contributed by atoms with E-state index in [0.717, 1.165) is 18.5 Å². The van der Waals surface area contributed by atoms with Crippen LogP contribution >= 0.6 is 0 Å². The monoisotopic (exact) mass is 265 g/mol. The molecule has 0 aliphatic heterocycles. The Bertz CT molecular complexity index is 368. The highest BCUT2D eigenvalue weighted by molar-refractivity contribution is 5.25. The van der Waals surface area contributed by atoms with Gasteiger partial charge in [-0.25, -0.2) is 0 Å². The van der Waals surface area contributed by atoms with Crippen LogP contribution in [0.3, 0.4) is 0 Å². The van der Waals surface area contributed by atoms with Crippen molar-refractivity contribution in [1.29, 1.82) is 0 Å². The van der Waals surface area contributed by atoms with E-state index in [-0.39, 0.29) is 6.04 Å². The third kappa shape index (κ3) is 5.35. The fourth-order valence-electron chi connectivity index (χ4n) is 2.66.